The third-order valence-electron chi connectivity index (χ3n) is 3.78. The minimum absolute atomic E-state index is 0.120. The molecule has 0 saturated heterocycles. The smallest absolute Gasteiger partial charge is 0.308 e. The number of sulfone groups is 1. The molecule has 0 unspecified atom stereocenters. The fraction of sp³-hybridized carbons (Fsp3) is 0.0588. The number of nitrogens with zero attached hydrogens (tertiary/aromatic N) is 2. The molecule has 1 heterocycles. The average molecular weight is 472 g/mol. The summed E-state index contributed by atoms with van der Waals surface area (Å²) < 4.78 is 63.2. The second kappa shape index (κ2) is 8.31. The van der Waals surface area contributed by atoms with Crippen molar-refractivity contribution in [3.63, 3.8) is 0 Å². The molecule has 0 aliphatic heterocycles. The Morgan fingerprint density at radius 1 is 1.10 bits per heavy atom. The summed E-state index contributed by atoms with van der Waals surface area (Å²) in [5, 5.41) is 15.0. The number of thiazole rings is 1. The van der Waals surface area contributed by atoms with Crippen molar-refractivity contribution in [1.82, 2.24) is 4.98 Å². The second-order valence-corrected chi connectivity index (χ2v) is 9.10. The summed E-state index contributed by atoms with van der Waals surface area (Å²) in [6, 6.07) is 7.25. The van der Waals surface area contributed by atoms with E-state index in [1.165, 1.54) is 6.07 Å². The fourth-order valence-corrected chi connectivity index (χ4v) is 4.76. The molecule has 0 aliphatic rings. The molecule has 0 radical (unpaired) electrons. The van der Waals surface area contributed by atoms with Gasteiger partial charge < -0.3 is 5.32 Å². The van der Waals surface area contributed by atoms with E-state index < -0.39 is 32.5 Å². The molecule has 14 heteroatoms. The number of alkyl halides is 3. The predicted molar refractivity (Wildman–Crippen MR) is 105 cm³/mol. The molecule has 3 rings (SSSR count). The van der Waals surface area contributed by atoms with Gasteiger partial charge in [-0.2, -0.15) is 13.2 Å². The van der Waals surface area contributed by atoms with Crippen molar-refractivity contribution in [2.75, 3.05) is 10.6 Å². The number of urea groups is 1. The van der Waals surface area contributed by atoms with Crippen molar-refractivity contribution < 1.29 is 31.3 Å². The van der Waals surface area contributed by atoms with E-state index in [9.17, 15) is 36.5 Å². The number of carbonyl (C=O) groups excluding carboxylic acids is 1. The van der Waals surface area contributed by atoms with Gasteiger partial charge in [0.15, 0.2) is 5.13 Å². The highest BCUT2D eigenvalue weighted by Crippen LogP contribution is 2.31. The lowest BCUT2D eigenvalue weighted by Crippen LogP contribution is -2.19. The molecular formula is C17H11F3N4O5S2. The van der Waals surface area contributed by atoms with Gasteiger partial charge in [0.25, 0.3) is 5.69 Å². The zero-order chi connectivity index (χ0) is 22.8. The van der Waals surface area contributed by atoms with Crippen LogP contribution in [0.2, 0.25) is 0 Å². The van der Waals surface area contributed by atoms with E-state index in [2.05, 4.69) is 15.6 Å². The van der Waals surface area contributed by atoms with Gasteiger partial charge in [0.1, 0.15) is 4.21 Å². The second-order valence-electron chi connectivity index (χ2n) is 5.90. The van der Waals surface area contributed by atoms with Gasteiger partial charge in [0, 0.05) is 17.8 Å². The van der Waals surface area contributed by atoms with Gasteiger partial charge >= 0.3 is 12.2 Å². The van der Waals surface area contributed by atoms with Gasteiger partial charge in [0.2, 0.25) is 9.84 Å². The Hall–Kier alpha value is -3.52. The van der Waals surface area contributed by atoms with Crippen LogP contribution < -0.4 is 10.6 Å². The zero-order valence-electron chi connectivity index (χ0n) is 15.1. The summed E-state index contributed by atoms with van der Waals surface area (Å²) in [6.07, 6.45) is -3.59. The number of hydrogen-bond acceptors (Lipinski definition) is 7. The van der Waals surface area contributed by atoms with Crippen LogP contribution in [-0.2, 0) is 16.0 Å². The minimum atomic E-state index is -4.58. The van der Waals surface area contributed by atoms with Gasteiger partial charge in [-0.1, -0.05) is 17.4 Å². The van der Waals surface area contributed by atoms with Gasteiger partial charge in [-0.3, -0.25) is 15.4 Å². The van der Waals surface area contributed by atoms with Crippen molar-refractivity contribution in [3.8, 4) is 0 Å². The fourth-order valence-electron chi connectivity index (χ4n) is 2.34. The third kappa shape index (κ3) is 5.16. The number of benzene rings is 2. The third-order valence-corrected chi connectivity index (χ3v) is 6.92. The number of aromatic nitrogens is 1. The number of rotatable bonds is 5. The minimum Gasteiger partial charge on any atom is -0.308 e. The first-order valence-corrected chi connectivity index (χ1v) is 10.5. The summed E-state index contributed by atoms with van der Waals surface area (Å²) in [5.41, 5.74) is -1.35. The largest absolute Gasteiger partial charge is 0.416 e. The van der Waals surface area contributed by atoms with Crippen LogP contribution in [0.25, 0.3) is 0 Å². The topological polar surface area (TPSA) is 131 Å². The Morgan fingerprint density at radius 3 is 2.39 bits per heavy atom. The van der Waals surface area contributed by atoms with Crippen LogP contribution in [0.3, 0.4) is 0 Å². The molecule has 0 saturated carbocycles. The standard InChI is InChI=1S/C17H11F3N4O5S2/c18-17(19,20)10-2-1-3-11(8-10)22-15(25)23-16-21-9-14(30-16)31(28,29)13-6-4-12(5-7-13)24(26)27/h1-9H,(H2,21,22,23,25). The first-order valence-electron chi connectivity index (χ1n) is 8.17. The number of nitro benzene ring substituents is 1. The van der Waals surface area contributed by atoms with Crippen molar-refractivity contribution in [1.29, 1.82) is 0 Å². The van der Waals surface area contributed by atoms with E-state index in [0.29, 0.717) is 11.3 Å². The number of anilines is 2. The van der Waals surface area contributed by atoms with E-state index >= 15 is 0 Å². The molecule has 2 amide bonds. The van der Waals surface area contributed by atoms with Crippen LogP contribution in [-0.4, -0.2) is 24.4 Å². The Kier molecular flexibility index (Phi) is 5.94. The first kappa shape index (κ1) is 22.2. The van der Waals surface area contributed by atoms with E-state index in [1.807, 2.05) is 0 Å². The molecule has 2 aromatic carbocycles. The Bertz CT molecular complexity index is 1240. The Labute approximate surface area is 176 Å². The summed E-state index contributed by atoms with van der Waals surface area (Å²) in [6.45, 7) is 0. The highest BCUT2D eigenvalue weighted by Gasteiger charge is 2.30. The maximum atomic E-state index is 12.7. The lowest BCUT2D eigenvalue weighted by atomic mass is 10.2. The average Bonchev–Trinajstić information content (AvgIpc) is 3.16. The molecule has 31 heavy (non-hydrogen) atoms. The van der Waals surface area contributed by atoms with Crippen molar-refractivity contribution in [2.24, 2.45) is 0 Å². The molecular weight excluding hydrogens is 461 g/mol. The van der Waals surface area contributed by atoms with Crippen molar-refractivity contribution in [2.45, 2.75) is 15.3 Å². The van der Waals surface area contributed by atoms with E-state index in [-0.39, 0.29) is 25.6 Å². The molecule has 0 aliphatic carbocycles. The molecule has 162 valence electrons. The predicted octanol–water partition coefficient (Wildman–Crippen LogP) is 4.55. The van der Waals surface area contributed by atoms with Crippen molar-refractivity contribution >= 4 is 43.7 Å². The summed E-state index contributed by atoms with van der Waals surface area (Å²) in [7, 11) is -4.04. The molecule has 0 atom stereocenters. The molecule has 2 N–H and O–H groups in total. The lowest BCUT2D eigenvalue weighted by Gasteiger charge is -2.09. The first-order chi connectivity index (χ1) is 14.5. The van der Waals surface area contributed by atoms with Crippen LogP contribution in [0.1, 0.15) is 5.56 Å². The SMILES string of the molecule is O=C(Nc1cccc(C(F)(F)F)c1)Nc1ncc(S(=O)(=O)c2ccc([N+](=O)[O-])cc2)s1. The number of hydrogen-bond donors (Lipinski definition) is 2. The zero-order valence-corrected chi connectivity index (χ0v) is 16.7. The summed E-state index contributed by atoms with van der Waals surface area (Å²) in [5.74, 6) is 0. The van der Waals surface area contributed by atoms with Crippen LogP contribution in [0.15, 0.2) is 63.8 Å². The number of non-ortho nitro benzene ring substituents is 1. The van der Waals surface area contributed by atoms with Crippen LogP contribution >= 0.6 is 11.3 Å². The Morgan fingerprint density at radius 2 is 1.77 bits per heavy atom. The van der Waals surface area contributed by atoms with Crippen LogP contribution in [0.4, 0.5) is 34.5 Å². The van der Waals surface area contributed by atoms with E-state index in [0.717, 1.165) is 48.7 Å². The van der Waals surface area contributed by atoms with E-state index in [1.54, 1.807) is 0 Å². The summed E-state index contributed by atoms with van der Waals surface area (Å²) in [4.78, 5) is 25.6. The molecule has 0 fully saturated rings. The van der Waals surface area contributed by atoms with Crippen LogP contribution in [0, 0.1) is 10.1 Å². The normalized spacial score (nSPS) is 11.7. The maximum absolute atomic E-state index is 12.7. The number of nitrogens with one attached hydrogen (secondary N) is 2. The molecule has 0 bridgehead atoms. The van der Waals surface area contributed by atoms with Crippen LogP contribution in [0.5, 0.6) is 0 Å². The molecule has 9 nitrogen and oxygen atoms in total. The van der Waals surface area contributed by atoms with Gasteiger partial charge in [0.05, 0.1) is 21.6 Å². The highest BCUT2D eigenvalue weighted by atomic mass is 32.2. The molecule has 0 spiro atoms. The number of amides is 2. The monoisotopic (exact) mass is 472 g/mol. The summed E-state index contributed by atoms with van der Waals surface area (Å²) >= 11 is 0.607. The number of nitro groups is 1. The molecule has 3 aromatic rings. The Balaban J connectivity index is 1.72. The number of halogens is 3. The maximum Gasteiger partial charge on any atom is 0.416 e. The van der Waals surface area contributed by atoms with Gasteiger partial charge in [-0.25, -0.2) is 18.2 Å². The number of carbonyl (C=O) groups is 1. The lowest BCUT2D eigenvalue weighted by molar-refractivity contribution is -0.384. The van der Waals surface area contributed by atoms with Gasteiger partial charge in [-0.05, 0) is 30.3 Å². The van der Waals surface area contributed by atoms with E-state index in [4.69, 9.17) is 0 Å². The quantitative estimate of drug-likeness (QED) is 0.414. The highest BCUT2D eigenvalue weighted by molar-refractivity contribution is 7.93. The van der Waals surface area contributed by atoms with Gasteiger partial charge in [-0.15, -0.1) is 0 Å². The van der Waals surface area contributed by atoms with Crippen molar-refractivity contribution in [3.05, 3.63) is 70.4 Å². The molecule has 1 aromatic heterocycles.